The average molecular weight is 380 g/mol. The molecule has 0 fully saturated rings. The number of nitrogens with zero attached hydrogens (tertiary/aromatic N) is 4. The number of hydrogen-bond donors (Lipinski definition) is 0. The van der Waals surface area contributed by atoms with Gasteiger partial charge in [-0.2, -0.15) is 10.4 Å². The second kappa shape index (κ2) is 7.56. The van der Waals surface area contributed by atoms with Crippen molar-refractivity contribution in [3.63, 3.8) is 0 Å². The van der Waals surface area contributed by atoms with E-state index in [2.05, 4.69) is 16.2 Å². The van der Waals surface area contributed by atoms with Gasteiger partial charge in [-0.05, 0) is 32.9 Å². The van der Waals surface area contributed by atoms with Crippen molar-refractivity contribution < 1.29 is 19.0 Å². The number of pyridine rings is 1. The Bertz CT molecular complexity index is 1060. The number of hydrogen-bond acceptors (Lipinski definition) is 7. The maximum atomic E-state index is 11.9. The summed E-state index contributed by atoms with van der Waals surface area (Å²) in [5, 5.41) is 14.1. The second-order valence-electron chi connectivity index (χ2n) is 7.05. The Morgan fingerprint density at radius 3 is 2.75 bits per heavy atom. The number of nitriles is 1. The third kappa shape index (κ3) is 4.38. The average Bonchev–Trinajstić information content (AvgIpc) is 3.05. The number of methoxy groups -OCH3 is 1. The van der Waals surface area contributed by atoms with Gasteiger partial charge in [0.05, 0.1) is 30.6 Å². The van der Waals surface area contributed by atoms with Gasteiger partial charge in [-0.25, -0.2) is 0 Å². The number of fused-ring (bicyclic) bond motifs is 1. The van der Waals surface area contributed by atoms with E-state index in [9.17, 15) is 10.1 Å². The molecular weight excluding hydrogens is 360 g/mol. The van der Waals surface area contributed by atoms with Crippen molar-refractivity contribution in [3.05, 3.63) is 42.4 Å². The van der Waals surface area contributed by atoms with E-state index in [1.807, 2.05) is 20.8 Å². The molecule has 2 heterocycles. The maximum Gasteiger partial charge on any atom is 0.328 e. The third-order valence-electron chi connectivity index (χ3n) is 3.69. The largest absolute Gasteiger partial charge is 0.495 e. The van der Waals surface area contributed by atoms with Gasteiger partial charge >= 0.3 is 5.97 Å². The summed E-state index contributed by atoms with van der Waals surface area (Å²) in [6.07, 6.45) is 4.71. The standard InChI is InChI=1S/C20H20N4O4/c1-20(2,3)28-19(25)12-24-11-14(10-23-24)27-17-5-6-22-16-8-18(26-4)13(9-21)7-15(16)17/h5-8,10-11H,12H2,1-4H3. The molecule has 144 valence electrons. The van der Waals surface area contributed by atoms with Gasteiger partial charge in [-0.3, -0.25) is 14.5 Å². The van der Waals surface area contributed by atoms with Crippen molar-refractivity contribution in [2.24, 2.45) is 0 Å². The van der Waals surface area contributed by atoms with Crippen molar-refractivity contribution in [3.8, 4) is 23.3 Å². The molecule has 3 rings (SSSR count). The van der Waals surface area contributed by atoms with E-state index in [1.54, 1.807) is 30.6 Å². The number of esters is 1. The summed E-state index contributed by atoms with van der Waals surface area (Å²) in [5.74, 6) is 1.03. The Labute approximate surface area is 162 Å². The molecule has 0 radical (unpaired) electrons. The van der Waals surface area contributed by atoms with E-state index in [0.717, 1.165) is 0 Å². The summed E-state index contributed by atoms with van der Waals surface area (Å²) in [6.45, 7) is 5.40. The van der Waals surface area contributed by atoms with E-state index in [0.29, 0.717) is 33.7 Å². The van der Waals surface area contributed by atoms with Crippen LogP contribution in [0.2, 0.25) is 0 Å². The zero-order chi connectivity index (χ0) is 20.3. The van der Waals surface area contributed by atoms with E-state index < -0.39 is 5.60 Å². The van der Waals surface area contributed by atoms with E-state index in [-0.39, 0.29) is 12.5 Å². The maximum absolute atomic E-state index is 11.9. The van der Waals surface area contributed by atoms with Crippen molar-refractivity contribution >= 4 is 16.9 Å². The molecule has 0 aliphatic rings. The van der Waals surface area contributed by atoms with Gasteiger partial charge in [0.2, 0.25) is 0 Å². The fourth-order valence-corrected chi connectivity index (χ4v) is 2.61. The van der Waals surface area contributed by atoms with Crippen molar-refractivity contribution in [2.45, 2.75) is 32.9 Å². The topological polar surface area (TPSA) is 99.3 Å². The third-order valence-corrected chi connectivity index (χ3v) is 3.69. The summed E-state index contributed by atoms with van der Waals surface area (Å²) in [6, 6.07) is 7.15. The van der Waals surface area contributed by atoms with Crippen LogP contribution in [0, 0.1) is 11.3 Å². The van der Waals surface area contributed by atoms with Gasteiger partial charge in [0.25, 0.3) is 0 Å². The van der Waals surface area contributed by atoms with Crippen LogP contribution in [0.4, 0.5) is 0 Å². The van der Waals surface area contributed by atoms with Crippen LogP contribution in [0.3, 0.4) is 0 Å². The number of carbonyl (C=O) groups is 1. The number of rotatable bonds is 5. The minimum absolute atomic E-state index is 0.0203. The molecule has 0 bridgehead atoms. The van der Waals surface area contributed by atoms with E-state index >= 15 is 0 Å². The highest BCUT2D eigenvalue weighted by molar-refractivity contribution is 5.88. The first-order valence-electron chi connectivity index (χ1n) is 8.58. The number of carbonyl (C=O) groups excluding carboxylic acids is 1. The predicted octanol–water partition coefficient (Wildman–Crippen LogP) is 3.45. The zero-order valence-corrected chi connectivity index (χ0v) is 16.1. The summed E-state index contributed by atoms with van der Waals surface area (Å²) in [4.78, 5) is 16.2. The molecule has 1 aromatic carbocycles. The molecule has 0 aliphatic heterocycles. The number of benzene rings is 1. The molecule has 0 unspecified atom stereocenters. The highest BCUT2D eigenvalue weighted by Crippen LogP contribution is 2.32. The van der Waals surface area contributed by atoms with Crippen LogP contribution in [-0.2, 0) is 16.1 Å². The molecule has 0 spiro atoms. The Balaban J connectivity index is 1.83. The fourth-order valence-electron chi connectivity index (χ4n) is 2.61. The number of aromatic nitrogens is 3. The molecule has 8 nitrogen and oxygen atoms in total. The Hall–Kier alpha value is -3.60. The van der Waals surface area contributed by atoms with Crippen molar-refractivity contribution in [1.29, 1.82) is 5.26 Å². The van der Waals surface area contributed by atoms with Crippen LogP contribution >= 0.6 is 0 Å². The number of ether oxygens (including phenoxy) is 3. The van der Waals surface area contributed by atoms with Gasteiger partial charge in [0, 0.05) is 17.6 Å². The predicted molar refractivity (Wildman–Crippen MR) is 101 cm³/mol. The van der Waals surface area contributed by atoms with Crippen LogP contribution in [0.25, 0.3) is 10.9 Å². The SMILES string of the molecule is COc1cc2nccc(Oc3cnn(CC(=O)OC(C)(C)C)c3)c2cc1C#N. The Morgan fingerprint density at radius 1 is 1.29 bits per heavy atom. The minimum atomic E-state index is -0.557. The molecule has 0 aliphatic carbocycles. The van der Waals surface area contributed by atoms with Gasteiger partial charge in [-0.15, -0.1) is 0 Å². The molecule has 0 saturated carbocycles. The summed E-state index contributed by atoms with van der Waals surface area (Å²) < 4.78 is 17.8. The minimum Gasteiger partial charge on any atom is -0.495 e. The first-order chi connectivity index (χ1) is 13.3. The summed E-state index contributed by atoms with van der Waals surface area (Å²) >= 11 is 0. The summed E-state index contributed by atoms with van der Waals surface area (Å²) in [7, 11) is 1.50. The first kappa shape index (κ1) is 19.2. The molecule has 0 saturated heterocycles. The van der Waals surface area contributed by atoms with Crippen LogP contribution in [-0.4, -0.2) is 33.4 Å². The van der Waals surface area contributed by atoms with Crippen LogP contribution in [0.15, 0.2) is 36.8 Å². The Kier molecular flexibility index (Phi) is 5.18. The van der Waals surface area contributed by atoms with Gasteiger partial charge < -0.3 is 14.2 Å². The molecular formula is C20H20N4O4. The molecule has 8 heteroatoms. The molecule has 0 N–H and O–H groups in total. The molecule has 2 aromatic heterocycles. The van der Waals surface area contributed by atoms with Gasteiger partial charge in [-0.1, -0.05) is 0 Å². The smallest absolute Gasteiger partial charge is 0.328 e. The first-order valence-corrected chi connectivity index (χ1v) is 8.58. The zero-order valence-electron chi connectivity index (χ0n) is 16.1. The van der Waals surface area contributed by atoms with E-state index in [4.69, 9.17) is 14.2 Å². The van der Waals surface area contributed by atoms with E-state index in [1.165, 1.54) is 18.0 Å². The van der Waals surface area contributed by atoms with Crippen LogP contribution < -0.4 is 9.47 Å². The monoisotopic (exact) mass is 380 g/mol. The lowest BCUT2D eigenvalue weighted by atomic mass is 10.1. The Morgan fingerprint density at radius 2 is 2.07 bits per heavy atom. The van der Waals surface area contributed by atoms with Crippen LogP contribution in [0.1, 0.15) is 26.3 Å². The van der Waals surface area contributed by atoms with Crippen LogP contribution in [0.5, 0.6) is 17.2 Å². The molecule has 0 atom stereocenters. The van der Waals surface area contributed by atoms with Gasteiger partial charge in [0.1, 0.15) is 29.7 Å². The highest BCUT2D eigenvalue weighted by atomic mass is 16.6. The lowest BCUT2D eigenvalue weighted by Gasteiger charge is -2.19. The second-order valence-corrected chi connectivity index (χ2v) is 7.05. The molecule has 3 aromatic rings. The highest BCUT2D eigenvalue weighted by Gasteiger charge is 2.17. The fraction of sp³-hybridized carbons (Fsp3) is 0.300. The molecule has 0 amide bonds. The van der Waals surface area contributed by atoms with Crippen molar-refractivity contribution in [2.75, 3.05) is 7.11 Å². The summed E-state index contributed by atoms with van der Waals surface area (Å²) in [5.41, 5.74) is 0.460. The quantitative estimate of drug-likeness (QED) is 0.625. The molecule has 28 heavy (non-hydrogen) atoms. The van der Waals surface area contributed by atoms with Gasteiger partial charge in [0.15, 0.2) is 5.75 Å². The lowest BCUT2D eigenvalue weighted by Crippen LogP contribution is -2.26. The lowest BCUT2D eigenvalue weighted by molar-refractivity contribution is -0.155. The van der Waals surface area contributed by atoms with Crippen molar-refractivity contribution in [1.82, 2.24) is 14.8 Å². The normalized spacial score (nSPS) is 11.1.